The second kappa shape index (κ2) is 8.72. The molecule has 1 aromatic carbocycles. The van der Waals surface area contributed by atoms with E-state index in [0.29, 0.717) is 6.04 Å². The molecule has 144 valence electrons. The van der Waals surface area contributed by atoms with Gasteiger partial charge in [-0.25, -0.2) is 0 Å². The predicted octanol–water partition coefficient (Wildman–Crippen LogP) is 2.88. The molecule has 0 spiro atoms. The molecule has 0 saturated carbocycles. The lowest BCUT2D eigenvalue weighted by Crippen LogP contribution is -2.55. The molecule has 0 N–H and O–H groups in total. The van der Waals surface area contributed by atoms with Crippen molar-refractivity contribution in [2.45, 2.75) is 25.4 Å². The Kier molecular flexibility index (Phi) is 5.90. The number of rotatable bonds is 5. The van der Waals surface area contributed by atoms with Gasteiger partial charge in [-0.05, 0) is 55.8 Å². The second-order valence-electron chi connectivity index (χ2n) is 7.57. The number of methoxy groups -OCH3 is 1. The van der Waals surface area contributed by atoms with Crippen LogP contribution >= 0.6 is 0 Å². The number of piperazine rings is 1. The van der Waals surface area contributed by atoms with Crippen LogP contribution in [0.4, 0.5) is 5.69 Å². The Morgan fingerprint density at radius 2 is 1.81 bits per heavy atom. The van der Waals surface area contributed by atoms with Crippen LogP contribution in [0.3, 0.4) is 0 Å². The van der Waals surface area contributed by atoms with E-state index in [0.717, 1.165) is 38.5 Å². The zero-order valence-corrected chi connectivity index (χ0v) is 16.3. The smallest absolute Gasteiger partial charge is 0.119 e. The summed E-state index contributed by atoms with van der Waals surface area (Å²) in [4.78, 5) is 12.3. The fourth-order valence-electron chi connectivity index (χ4n) is 4.33. The minimum Gasteiger partial charge on any atom is -0.497 e. The summed E-state index contributed by atoms with van der Waals surface area (Å²) in [6.45, 7) is 7.83. The Morgan fingerprint density at radius 1 is 1.00 bits per heavy atom. The summed E-state index contributed by atoms with van der Waals surface area (Å²) in [5.74, 6) is 0.924. The van der Waals surface area contributed by atoms with E-state index < -0.39 is 0 Å². The van der Waals surface area contributed by atoms with Gasteiger partial charge >= 0.3 is 0 Å². The molecule has 2 fully saturated rings. The van der Waals surface area contributed by atoms with Gasteiger partial charge in [0.05, 0.1) is 12.8 Å². The number of piperidine rings is 1. The van der Waals surface area contributed by atoms with Crippen molar-refractivity contribution in [3.8, 4) is 5.75 Å². The first kappa shape index (κ1) is 18.3. The van der Waals surface area contributed by atoms with E-state index >= 15 is 0 Å². The highest BCUT2D eigenvalue weighted by atomic mass is 16.5. The van der Waals surface area contributed by atoms with Crippen LogP contribution in [0.15, 0.2) is 48.7 Å². The van der Waals surface area contributed by atoms with Crippen molar-refractivity contribution >= 4 is 5.69 Å². The molecule has 0 amide bonds. The number of hydrogen-bond acceptors (Lipinski definition) is 5. The molecule has 2 saturated heterocycles. The van der Waals surface area contributed by atoms with Crippen molar-refractivity contribution in [1.82, 2.24) is 14.8 Å². The van der Waals surface area contributed by atoms with E-state index in [9.17, 15) is 0 Å². The van der Waals surface area contributed by atoms with Gasteiger partial charge in [0.25, 0.3) is 0 Å². The average Bonchev–Trinajstić information content (AvgIpc) is 2.75. The lowest BCUT2D eigenvalue weighted by molar-refractivity contribution is 0.0881. The van der Waals surface area contributed by atoms with E-state index in [-0.39, 0.29) is 0 Å². The molecule has 0 aliphatic carbocycles. The Bertz CT molecular complexity index is 698. The molecule has 1 aromatic heterocycles. The number of ether oxygens (including phenoxy) is 1. The Labute approximate surface area is 162 Å². The Hall–Kier alpha value is -2.11. The van der Waals surface area contributed by atoms with E-state index in [2.05, 4.69) is 56.1 Å². The van der Waals surface area contributed by atoms with Gasteiger partial charge in [-0.15, -0.1) is 0 Å². The van der Waals surface area contributed by atoms with Crippen LogP contribution in [-0.4, -0.2) is 67.2 Å². The van der Waals surface area contributed by atoms with Gasteiger partial charge in [-0.2, -0.15) is 0 Å². The fourth-order valence-corrected chi connectivity index (χ4v) is 4.33. The molecule has 27 heavy (non-hydrogen) atoms. The maximum Gasteiger partial charge on any atom is 0.119 e. The maximum atomic E-state index is 5.27. The lowest BCUT2D eigenvalue weighted by Gasteiger charge is -2.44. The molecule has 2 aromatic rings. The summed E-state index contributed by atoms with van der Waals surface area (Å²) < 4.78 is 5.27. The van der Waals surface area contributed by atoms with E-state index in [1.807, 2.05) is 12.3 Å². The minimum atomic E-state index is 0.681. The number of pyridine rings is 1. The van der Waals surface area contributed by atoms with Crippen molar-refractivity contribution < 1.29 is 4.74 Å². The highest BCUT2D eigenvalue weighted by Gasteiger charge is 2.28. The number of nitrogens with zero attached hydrogens (tertiary/aromatic N) is 4. The van der Waals surface area contributed by atoms with Gasteiger partial charge in [0.2, 0.25) is 0 Å². The Balaban J connectivity index is 1.29. The number of aromatic nitrogens is 1. The van der Waals surface area contributed by atoms with E-state index in [1.54, 1.807) is 7.11 Å². The van der Waals surface area contributed by atoms with E-state index in [4.69, 9.17) is 4.74 Å². The third-order valence-electron chi connectivity index (χ3n) is 5.86. The molecule has 3 heterocycles. The van der Waals surface area contributed by atoms with Crippen molar-refractivity contribution in [3.63, 3.8) is 0 Å². The van der Waals surface area contributed by atoms with Crippen LogP contribution in [0.5, 0.6) is 5.75 Å². The number of anilines is 1. The summed E-state index contributed by atoms with van der Waals surface area (Å²) in [5.41, 5.74) is 2.48. The van der Waals surface area contributed by atoms with Crippen LogP contribution in [-0.2, 0) is 6.54 Å². The van der Waals surface area contributed by atoms with Crippen LogP contribution in [0.25, 0.3) is 0 Å². The second-order valence-corrected chi connectivity index (χ2v) is 7.57. The largest absolute Gasteiger partial charge is 0.497 e. The van der Waals surface area contributed by atoms with E-state index in [1.165, 1.54) is 37.3 Å². The highest BCUT2D eigenvalue weighted by molar-refractivity contribution is 5.49. The highest BCUT2D eigenvalue weighted by Crippen LogP contribution is 2.23. The molecule has 5 heteroatoms. The first-order valence-corrected chi connectivity index (χ1v) is 10.1. The molecule has 2 aliphatic heterocycles. The summed E-state index contributed by atoms with van der Waals surface area (Å²) in [5, 5.41) is 0. The first-order chi connectivity index (χ1) is 13.3. The van der Waals surface area contributed by atoms with Crippen molar-refractivity contribution in [2.24, 2.45) is 0 Å². The van der Waals surface area contributed by atoms with Crippen LogP contribution in [0.2, 0.25) is 0 Å². The van der Waals surface area contributed by atoms with Gasteiger partial charge in [0, 0.05) is 57.2 Å². The topological polar surface area (TPSA) is 31.8 Å². The average molecular weight is 367 g/mol. The van der Waals surface area contributed by atoms with Crippen molar-refractivity contribution in [3.05, 3.63) is 54.4 Å². The summed E-state index contributed by atoms with van der Waals surface area (Å²) >= 11 is 0. The monoisotopic (exact) mass is 366 g/mol. The maximum absolute atomic E-state index is 5.27. The van der Waals surface area contributed by atoms with Crippen LogP contribution in [0.1, 0.15) is 18.5 Å². The number of likely N-dealkylation sites (tertiary alicyclic amines) is 1. The van der Waals surface area contributed by atoms with Gasteiger partial charge in [-0.1, -0.05) is 6.07 Å². The molecule has 2 aliphatic rings. The van der Waals surface area contributed by atoms with Gasteiger partial charge in [0.15, 0.2) is 0 Å². The predicted molar refractivity (Wildman–Crippen MR) is 109 cm³/mol. The summed E-state index contributed by atoms with van der Waals surface area (Å²) in [6, 6.07) is 15.3. The van der Waals surface area contributed by atoms with Gasteiger partial charge in [0.1, 0.15) is 5.75 Å². The molecular formula is C22H30N4O. The van der Waals surface area contributed by atoms with Crippen molar-refractivity contribution in [1.29, 1.82) is 0 Å². The standard InChI is InChI=1S/C22H30N4O/c1-27-22-9-7-20(8-10-22)25-13-15-26(16-14-25)21-6-4-12-24(18-21)17-19-5-2-3-11-23-19/h2-3,5,7-11,21H,4,6,12-18H2,1H3/t21-/m0/s1. The Morgan fingerprint density at radius 3 is 2.52 bits per heavy atom. The zero-order valence-electron chi connectivity index (χ0n) is 16.3. The van der Waals surface area contributed by atoms with Crippen LogP contribution < -0.4 is 9.64 Å². The molecule has 5 nitrogen and oxygen atoms in total. The first-order valence-electron chi connectivity index (χ1n) is 10.1. The molecule has 1 atom stereocenters. The quantitative estimate of drug-likeness (QED) is 0.812. The third kappa shape index (κ3) is 4.60. The zero-order chi connectivity index (χ0) is 18.5. The van der Waals surface area contributed by atoms with Crippen molar-refractivity contribution in [2.75, 3.05) is 51.3 Å². The molecule has 0 unspecified atom stereocenters. The SMILES string of the molecule is COc1ccc(N2CCN([C@H]3CCCN(Cc4ccccn4)C3)CC2)cc1. The summed E-state index contributed by atoms with van der Waals surface area (Å²) in [6.07, 6.45) is 4.51. The lowest BCUT2D eigenvalue weighted by atomic mass is 10.0. The molecule has 0 bridgehead atoms. The normalized spacial score (nSPS) is 22.0. The van der Waals surface area contributed by atoms with Gasteiger partial charge < -0.3 is 9.64 Å². The third-order valence-corrected chi connectivity index (χ3v) is 5.86. The number of benzene rings is 1. The summed E-state index contributed by atoms with van der Waals surface area (Å²) in [7, 11) is 1.72. The molecule has 4 rings (SSSR count). The van der Waals surface area contributed by atoms with Crippen LogP contribution in [0, 0.1) is 0 Å². The molecular weight excluding hydrogens is 336 g/mol. The minimum absolute atomic E-state index is 0.681. The fraction of sp³-hybridized carbons (Fsp3) is 0.500. The van der Waals surface area contributed by atoms with Gasteiger partial charge in [-0.3, -0.25) is 14.8 Å². The molecule has 0 radical (unpaired) electrons. The number of hydrogen-bond donors (Lipinski definition) is 0.